The van der Waals surface area contributed by atoms with Crippen LogP contribution in [0.5, 0.6) is 0 Å². The molecule has 0 aliphatic carbocycles. The van der Waals surface area contributed by atoms with E-state index in [-0.39, 0.29) is 0 Å². The number of rotatable bonds is 11. The summed E-state index contributed by atoms with van der Waals surface area (Å²) in [5.41, 5.74) is 9.64. The number of H-pyrrole nitrogens is 1. The average molecular weight is 574 g/mol. The minimum atomic E-state index is -0.629. The first-order valence-electron chi connectivity index (χ1n) is 14.6. The average Bonchev–Trinajstić information content (AvgIpc) is 3.71. The summed E-state index contributed by atoms with van der Waals surface area (Å²) in [4.78, 5) is 10.4. The lowest BCUT2D eigenvalue weighted by Gasteiger charge is -2.20. The molecule has 0 bridgehead atoms. The molecule has 0 unspecified atom stereocenters. The van der Waals surface area contributed by atoms with Crippen molar-refractivity contribution >= 4 is 11.2 Å². The summed E-state index contributed by atoms with van der Waals surface area (Å²) >= 11 is 0. The molecule has 0 saturated heterocycles. The van der Waals surface area contributed by atoms with Crippen LogP contribution in [0.25, 0.3) is 44.8 Å². The van der Waals surface area contributed by atoms with Crippen LogP contribution in [0, 0.1) is 6.92 Å². The summed E-state index contributed by atoms with van der Waals surface area (Å²) < 4.78 is 13.7. The summed E-state index contributed by atoms with van der Waals surface area (Å²) in [6, 6.07) is 26.9. The summed E-state index contributed by atoms with van der Waals surface area (Å²) in [5.74, 6) is 1.55. The van der Waals surface area contributed by atoms with Gasteiger partial charge in [-0.15, -0.1) is 10.2 Å². The van der Waals surface area contributed by atoms with Gasteiger partial charge in [-0.2, -0.15) is 5.21 Å². The van der Waals surface area contributed by atoms with Crippen LogP contribution in [-0.2, 0) is 22.4 Å². The molecule has 0 saturated carbocycles. The highest BCUT2D eigenvalue weighted by molar-refractivity contribution is 5.86. The Morgan fingerprint density at radius 2 is 1.58 bits per heavy atom. The lowest BCUT2D eigenvalue weighted by molar-refractivity contribution is -0.108. The van der Waals surface area contributed by atoms with E-state index < -0.39 is 6.29 Å². The number of nitrogens with zero attached hydrogens (tertiary/aromatic N) is 6. The van der Waals surface area contributed by atoms with Crippen molar-refractivity contribution in [3.63, 3.8) is 0 Å². The number of imidazole rings is 1. The van der Waals surface area contributed by atoms with Crippen molar-refractivity contribution in [2.75, 3.05) is 14.2 Å². The molecule has 0 spiro atoms. The highest BCUT2D eigenvalue weighted by Gasteiger charge is 2.25. The molecule has 0 aliphatic heterocycles. The van der Waals surface area contributed by atoms with Gasteiger partial charge in [0.1, 0.15) is 17.0 Å². The zero-order valence-corrected chi connectivity index (χ0v) is 24.9. The molecule has 0 amide bonds. The molecule has 0 radical (unpaired) electrons. The highest BCUT2D eigenvalue weighted by Crippen LogP contribution is 2.37. The number of fused-ring (bicyclic) bond motifs is 1. The number of hydrogen-bond donors (Lipinski definition) is 1. The van der Waals surface area contributed by atoms with Crippen molar-refractivity contribution in [2.24, 2.45) is 0 Å². The van der Waals surface area contributed by atoms with Crippen molar-refractivity contribution in [1.29, 1.82) is 0 Å². The smallest absolute Gasteiger partial charge is 0.205 e. The van der Waals surface area contributed by atoms with E-state index in [1.54, 1.807) is 14.2 Å². The molecule has 3 heterocycles. The lowest BCUT2D eigenvalue weighted by Crippen LogP contribution is -2.12. The molecule has 1 N–H and O–H groups in total. The molecule has 6 rings (SSSR count). The molecule has 3 aromatic carbocycles. The monoisotopic (exact) mass is 573 g/mol. The van der Waals surface area contributed by atoms with Crippen molar-refractivity contribution < 1.29 is 9.47 Å². The Hall–Kier alpha value is -4.73. The number of hydrogen-bond acceptors (Lipinski definition) is 7. The maximum absolute atomic E-state index is 5.76. The molecular formula is C34H35N7O2. The number of benzene rings is 3. The zero-order valence-electron chi connectivity index (χ0n) is 24.9. The minimum absolute atomic E-state index is 0.550. The van der Waals surface area contributed by atoms with Gasteiger partial charge < -0.3 is 14.0 Å². The molecule has 9 nitrogen and oxygen atoms in total. The molecule has 43 heavy (non-hydrogen) atoms. The summed E-state index contributed by atoms with van der Waals surface area (Å²) in [7, 11) is 3.28. The van der Waals surface area contributed by atoms with Crippen LogP contribution in [0.15, 0.2) is 78.9 Å². The third kappa shape index (κ3) is 5.57. The predicted octanol–water partition coefficient (Wildman–Crippen LogP) is 6.94. The molecule has 0 atom stereocenters. The molecule has 6 aromatic rings. The van der Waals surface area contributed by atoms with Gasteiger partial charge in [-0.25, -0.2) is 9.97 Å². The number of aryl methyl sites for hydroxylation is 2. The molecular weight excluding hydrogens is 538 g/mol. The number of nitrogens with one attached hydrogen (secondary N) is 1. The number of aromatic nitrogens is 7. The van der Waals surface area contributed by atoms with E-state index in [9.17, 15) is 0 Å². The van der Waals surface area contributed by atoms with Crippen LogP contribution in [0.4, 0.5) is 0 Å². The van der Waals surface area contributed by atoms with Crippen molar-refractivity contribution in [1.82, 2.24) is 35.2 Å². The van der Waals surface area contributed by atoms with E-state index >= 15 is 0 Å². The van der Waals surface area contributed by atoms with Crippen molar-refractivity contribution in [2.45, 2.75) is 45.9 Å². The first-order chi connectivity index (χ1) is 21.1. The summed E-state index contributed by atoms with van der Waals surface area (Å²) in [5, 5.41) is 15.1. The molecule has 3 aromatic heterocycles. The zero-order chi connectivity index (χ0) is 29.8. The van der Waals surface area contributed by atoms with E-state index in [2.05, 4.69) is 81.5 Å². The number of unbranched alkanes of at least 4 members (excludes halogenated alkanes) is 1. The fraction of sp³-hybridized carbons (Fsp3) is 0.265. The van der Waals surface area contributed by atoms with Crippen LogP contribution in [0.2, 0.25) is 0 Å². The number of ether oxygens (including phenoxy) is 2. The Bertz CT molecular complexity index is 1810. The highest BCUT2D eigenvalue weighted by atomic mass is 16.7. The van der Waals surface area contributed by atoms with Crippen molar-refractivity contribution in [3.8, 4) is 33.6 Å². The SMILES string of the molecule is CCCCc1nc2c(C)c(-c3ccccc3)c(C(OC)OC)nc2n1Cc1ccc(-c2ccccc2)c(-c2nn[nH]n2)c1. The second-order valence-electron chi connectivity index (χ2n) is 10.5. The maximum Gasteiger partial charge on any atom is 0.205 e. The van der Waals surface area contributed by atoms with E-state index in [0.29, 0.717) is 12.4 Å². The first-order valence-corrected chi connectivity index (χ1v) is 14.6. The maximum atomic E-state index is 5.76. The fourth-order valence-corrected chi connectivity index (χ4v) is 5.69. The van der Waals surface area contributed by atoms with Gasteiger partial charge in [-0.05, 0) is 52.4 Å². The van der Waals surface area contributed by atoms with Gasteiger partial charge in [-0.3, -0.25) is 0 Å². The summed E-state index contributed by atoms with van der Waals surface area (Å²) in [6.45, 7) is 4.89. The Labute approximate surface area is 250 Å². The Kier molecular flexibility index (Phi) is 8.35. The van der Waals surface area contributed by atoms with E-state index in [1.807, 2.05) is 36.4 Å². The third-order valence-electron chi connectivity index (χ3n) is 7.80. The van der Waals surface area contributed by atoms with Crippen LogP contribution in [0.1, 0.15) is 48.7 Å². The normalized spacial score (nSPS) is 11.6. The number of aromatic amines is 1. The molecule has 218 valence electrons. The first kappa shape index (κ1) is 28.4. The number of tetrazole rings is 1. The second-order valence-corrected chi connectivity index (χ2v) is 10.5. The van der Waals surface area contributed by atoms with Crippen LogP contribution < -0.4 is 0 Å². The Morgan fingerprint density at radius 1 is 0.860 bits per heavy atom. The van der Waals surface area contributed by atoms with Gasteiger partial charge in [0, 0.05) is 31.8 Å². The van der Waals surface area contributed by atoms with Gasteiger partial charge in [-0.1, -0.05) is 86.1 Å². The predicted molar refractivity (Wildman–Crippen MR) is 167 cm³/mol. The van der Waals surface area contributed by atoms with E-state index in [1.165, 1.54) is 0 Å². The van der Waals surface area contributed by atoms with Gasteiger partial charge in [0.25, 0.3) is 0 Å². The standard InChI is InChI=1S/C34H35N7O2/c1-5-6-17-28-35-30-22(2)29(25-15-11-8-12-16-25)31(34(42-3)43-4)36-33(30)41(28)21-23-18-19-26(24-13-9-7-10-14-24)27(20-23)32-37-39-40-38-32/h7-16,18-20,34H,5-6,17,21H2,1-4H3,(H,37,38,39,40). The fourth-order valence-electron chi connectivity index (χ4n) is 5.69. The van der Waals surface area contributed by atoms with Crippen LogP contribution in [-0.4, -0.2) is 49.4 Å². The topological polar surface area (TPSA) is 104 Å². The van der Waals surface area contributed by atoms with E-state index in [4.69, 9.17) is 19.4 Å². The van der Waals surface area contributed by atoms with Crippen molar-refractivity contribution in [3.05, 3.63) is 102 Å². The Balaban J connectivity index is 1.53. The second kappa shape index (κ2) is 12.6. The van der Waals surface area contributed by atoms with Gasteiger partial charge in [0.15, 0.2) is 5.65 Å². The molecule has 0 aliphatic rings. The van der Waals surface area contributed by atoms with E-state index in [0.717, 1.165) is 80.9 Å². The largest absolute Gasteiger partial charge is 0.350 e. The number of methoxy groups -OCH3 is 2. The number of pyridine rings is 1. The van der Waals surface area contributed by atoms with Gasteiger partial charge in [0.2, 0.25) is 12.1 Å². The van der Waals surface area contributed by atoms with Gasteiger partial charge >= 0.3 is 0 Å². The minimum Gasteiger partial charge on any atom is -0.350 e. The van der Waals surface area contributed by atoms with Crippen LogP contribution >= 0.6 is 0 Å². The molecule has 9 heteroatoms. The molecule has 0 fully saturated rings. The van der Waals surface area contributed by atoms with Gasteiger partial charge in [0.05, 0.1) is 6.54 Å². The van der Waals surface area contributed by atoms with Crippen LogP contribution in [0.3, 0.4) is 0 Å². The quantitative estimate of drug-likeness (QED) is 0.168. The third-order valence-corrected chi connectivity index (χ3v) is 7.80. The Morgan fingerprint density at radius 3 is 2.23 bits per heavy atom. The summed E-state index contributed by atoms with van der Waals surface area (Å²) in [6.07, 6.45) is 2.32. The lowest BCUT2D eigenvalue weighted by atomic mass is 9.97.